The second kappa shape index (κ2) is 12.9. The van der Waals surface area contributed by atoms with Gasteiger partial charge in [0.05, 0.1) is 26.5 Å². The lowest BCUT2D eigenvalue weighted by Crippen LogP contribution is -2.48. The van der Waals surface area contributed by atoms with E-state index in [4.69, 9.17) is 9.47 Å². The molecular formula is C27H41FN6O3. The monoisotopic (exact) mass is 516 g/mol. The van der Waals surface area contributed by atoms with Crippen molar-refractivity contribution in [1.29, 1.82) is 0 Å². The van der Waals surface area contributed by atoms with Gasteiger partial charge in [-0.05, 0) is 54.0 Å². The number of nitrogens with zero attached hydrogens (tertiary/aromatic N) is 5. The van der Waals surface area contributed by atoms with Crippen LogP contribution in [0.25, 0.3) is 0 Å². The first-order valence-corrected chi connectivity index (χ1v) is 13.1. The molecule has 1 aromatic carbocycles. The Bertz CT molecular complexity index is 1060. The van der Waals surface area contributed by atoms with Crippen molar-refractivity contribution in [3.8, 4) is 11.5 Å². The third kappa shape index (κ3) is 6.60. The number of methoxy groups -OCH3 is 2. The van der Waals surface area contributed by atoms with Gasteiger partial charge in [-0.25, -0.2) is 14.2 Å². The number of anilines is 3. The second-order valence-corrected chi connectivity index (χ2v) is 9.73. The second-order valence-electron chi connectivity index (χ2n) is 9.73. The normalized spacial score (nSPS) is 13.5. The molecule has 0 fully saturated rings. The van der Waals surface area contributed by atoms with Crippen LogP contribution in [0.4, 0.5) is 26.6 Å². The Morgan fingerprint density at radius 3 is 2.46 bits per heavy atom. The van der Waals surface area contributed by atoms with Crippen LogP contribution < -0.4 is 24.6 Å². The van der Waals surface area contributed by atoms with E-state index in [1.54, 1.807) is 6.20 Å². The Labute approximate surface area is 220 Å². The molecular weight excluding hydrogens is 475 g/mol. The van der Waals surface area contributed by atoms with Crippen molar-refractivity contribution in [2.75, 3.05) is 49.0 Å². The van der Waals surface area contributed by atoms with Gasteiger partial charge in [-0.3, -0.25) is 14.7 Å². The standard InChI is InChI=1S/C27H41FN6O3/c1-8-32-25-20(17-34(27(32)35)22-14-21(36-6)15-23(37-7)24(22)28)16-30-26(31-25)29-12-10-9-11-13-33(18(2)3)19(4)5/h14-16,18-19H,8-13,17H2,1-7H3,(H,29,30,31). The average molecular weight is 517 g/mol. The smallest absolute Gasteiger partial charge is 0.330 e. The zero-order valence-electron chi connectivity index (χ0n) is 23.2. The lowest BCUT2D eigenvalue weighted by atomic mass is 10.1. The summed E-state index contributed by atoms with van der Waals surface area (Å²) in [4.78, 5) is 27.9. The number of ether oxygens (including phenoxy) is 2. The van der Waals surface area contributed by atoms with Crippen LogP contribution in [-0.2, 0) is 6.54 Å². The van der Waals surface area contributed by atoms with E-state index in [0.29, 0.717) is 36.1 Å². The minimum atomic E-state index is -0.625. The van der Waals surface area contributed by atoms with E-state index < -0.39 is 5.82 Å². The molecule has 0 aliphatic carbocycles. The molecule has 3 rings (SSSR count). The molecule has 10 heteroatoms. The van der Waals surface area contributed by atoms with Gasteiger partial charge >= 0.3 is 6.03 Å². The largest absolute Gasteiger partial charge is 0.497 e. The molecule has 0 saturated heterocycles. The zero-order chi connectivity index (χ0) is 27.1. The Balaban J connectivity index is 1.67. The summed E-state index contributed by atoms with van der Waals surface area (Å²) in [5.74, 6) is 0.805. The fraction of sp³-hybridized carbons (Fsp3) is 0.593. The predicted octanol–water partition coefficient (Wildman–Crippen LogP) is 5.30. The van der Waals surface area contributed by atoms with Crippen LogP contribution in [0.2, 0.25) is 0 Å². The number of carbonyl (C=O) groups excluding carboxylic acids is 1. The van der Waals surface area contributed by atoms with Crippen molar-refractivity contribution in [1.82, 2.24) is 14.9 Å². The highest BCUT2D eigenvalue weighted by atomic mass is 19.1. The number of aromatic nitrogens is 2. The first-order chi connectivity index (χ1) is 17.7. The van der Waals surface area contributed by atoms with Crippen molar-refractivity contribution in [3.63, 3.8) is 0 Å². The molecule has 1 aliphatic heterocycles. The number of urea groups is 1. The van der Waals surface area contributed by atoms with Crippen molar-refractivity contribution in [2.45, 2.75) is 72.5 Å². The number of amides is 2. The van der Waals surface area contributed by atoms with Crippen LogP contribution in [0, 0.1) is 5.82 Å². The maximum absolute atomic E-state index is 15.1. The van der Waals surface area contributed by atoms with Crippen LogP contribution in [0.5, 0.6) is 11.5 Å². The molecule has 204 valence electrons. The topological polar surface area (TPSA) is 83.1 Å². The molecule has 1 aromatic heterocycles. The summed E-state index contributed by atoms with van der Waals surface area (Å²) in [7, 11) is 2.86. The summed E-state index contributed by atoms with van der Waals surface area (Å²) < 4.78 is 25.6. The summed E-state index contributed by atoms with van der Waals surface area (Å²) in [6, 6.07) is 3.67. The molecule has 0 atom stereocenters. The predicted molar refractivity (Wildman–Crippen MR) is 145 cm³/mol. The van der Waals surface area contributed by atoms with Gasteiger partial charge in [0.15, 0.2) is 11.6 Å². The summed E-state index contributed by atoms with van der Waals surface area (Å²) in [6.07, 6.45) is 4.96. The zero-order valence-corrected chi connectivity index (χ0v) is 23.2. The lowest BCUT2D eigenvalue weighted by molar-refractivity contribution is 0.171. The van der Waals surface area contributed by atoms with Crippen LogP contribution in [0.15, 0.2) is 18.3 Å². The molecule has 1 N–H and O–H groups in total. The van der Waals surface area contributed by atoms with Crippen molar-refractivity contribution in [3.05, 3.63) is 29.7 Å². The Hall–Kier alpha value is -3.14. The third-order valence-electron chi connectivity index (χ3n) is 6.65. The number of rotatable bonds is 13. The Kier molecular flexibility index (Phi) is 9.91. The quantitative estimate of drug-likeness (QED) is 0.362. The van der Waals surface area contributed by atoms with Gasteiger partial charge in [0.25, 0.3) is 0 Å². The van der Waals surface area contributed by atoms with Crippen LogP contribution >= 0.6 is 0 Å². The molecule has 2 amide bonds. The van der Waals surface area contributed by atoms with Gasteiger partial charge < -0.3 is 14.8 Å². The molecule has 37 heavy (non-hydrogen) atoms. The summed E-state index contributed by atoms with van der Waals surface area (Å²) in [5.41, 5.74) is 0.816. The molecule has 2 heterocycles. The average Bonchev–Trinajstić information content (AvgIpc) is 2.87. The fourth-order valence-corrected chi connectivity index (χ4v) is 4.71. The van der Waals surface area contributed by atoms with E-state index in [-0.39, 0.29) is 24.0 Å². The molecule has 1 aliphatic rings. The molecule has 0 unspecified atom stereocenters. The summed E-state index contributed by atoms with van der Waals surface area (Å²) in [6.45, 7) is 13.2. The number of nitrogens with one attached hydrogen (secondary N) is 1. The number of benzene rings is 1. The highest BCUT2D eigenvalue weighted by molar-refractivity contribution is 6.05. The highest BCUT2D eigenvalue weighted by Gasteiger charge is 2.34. The van der Waals surface area contributed by atoms with E-state index in [1.807, 2.05) is 6.92 Å². The first-order valence-electron chi connectivity index (χ1n) is 13.1. The molecule has 2 aromatic rings. The minimum Gasteiger partial charge on any atom is -0.497 e. The van der Waals surface area contributed by atoms with E-state index in [0.717, 1.165) is 37.9 Å². The van der Waals surface area contributed by atoms with Crippen molar-refractivity contribution < 1.29 is 18.7 Å². The number of fused-ring (bicyclic) bond motifs is 1. The molecule has 9 nitrogen and oxygen atoms in total. The number of unbranched alkanes of at least 4 members (excludes halogenated alkanes) is 2. The maximum Gasteiger partial charge on any atom is 0.330 e. The molecule has 0 spiro atoms. The van der Waals surface area contributed by atoms with Gasteiger partial charge in [0, 0.05) is 49.1 Å². The summed E-state index contributed by atoms with van der Waals surface area (Å²) in [5, 5.41) is 3.29. The molecule has 0 bridgehead atoms. The van der Waals surface area contributed by atoms with Crippen LogP contribution in [0.3, 0.4) is 0 Å². The Morgan fingerprint density at radius 2 is 1.84 bits per heavy atom. The highest BCUT2D eigenvalue weighted by Crippen LogP contribution is 2.37. The van der Waals surface area contributed by atoms with Gasteiger partial charge in [0.2, 0.25) is 5.95 Å². The van der Waals surface area contributed by atoms with E-state index in [9.17, 15) is 4.79 Å². The van der Waals surface area contributed by atoms with Gasteiger partial charge in [-0.1, -0.05) is 6.42 Å². The van der Waals surface area contributed by atoms with Crippen molar-refractivity contribution >= 4 is 23.5 Å². The number of hydrogen-bond acceptors (Lipinski definition) is 7. The first kappa shape index (κ1) is 28.4. The molecule has 0 saturated carbocycles. The van der Waals surface area contributed by atoms with Gasteiger partial charge in [-0.2, -0.15) is 4.98 Å². The van der Waals surface area contributed by atoms with E-state index >= 15 is 4.39 Å². The molecule has 0 radical (unpaired) electrons. The van der Waals surface area contributed by atoms with Crippen molar-refractivity contribution in [2.24, 2.45) is 0 Å². The summed E-state index contributed by atoms with van der Waals surface area (Å²) >= 11 is 0. The minimum absolute atomic E-state index is 0.00733. The number of carbonyl (C=O) groups is 1. The van der Waals surface area contributed by atoms with Crippen LogP contribution in [0.1, 0.15) is 59.4 Å². The third-order valence-corrected chi connectivity index (χ3v) is 6.65. The van der Waals surface area contributed by atoms with Crippen LogP contribution in [-0.4, -0.2) is 66.8 Å². The maximum atomic E-state index is 15.1. The lowest BCUT2D eigenvalue weighted by Gasteiger charge is -2.35. The number of halogens is 1. The van der Waals surface area contributed by atoms with E-state index in [1.165, 1.54) is 36.2 Å². The fourth-order valence-electron chi connectivity index (χ4n) is 4.71. The van der Waals surface area contributed by atoms with Gasteiger partial charge in [0.1, 0.15) is 11.6 Å². The number of hydrogen-bond donors (Lipinski definition) is 1. The Morgan fingerprint density at radius 1 is 1.11 bits per heavy atom. The van der Waals surface area contributed by atoms with E-state index in [2.05, 4.69) is 47.9 Å². The van der Waals surface area contributed by atoms with Gasteiger partial charge in [-0.15, -0.1) is 0 Å². The SMILES string of the molecule is CCN1C(=O)N(c2cc(OC)cc(OC)c2F)Cc2cnc(NCCCCCN(C(C)C)C(C)C)nc21.